The van der Waals surface area contributed by atoms with Crippen molar-refractivity contribution in [1.29, 1.82) is 0 Å². The van der Waals surface area contributed by atoms with E-state index in [-0.39, 0.29) is 5.91 Å². The van der Waals surface area contributed by atoms with Crippen LogP contribution < -0.4 is 10.6 Å². The Morgan fingerprint density at radius 3 is 2.66 bits per heavy atom. The van der Waals surface area contributed by atoms with Crippen LogP contribution in [0.1, 0.15) is 39.9 Å². The first-order valence-electron chi connectivity index (χ1n) is 9.56. The summed E-state index contributed by atoms with van der Waals surface area (Å²) in [4.78, 5) is 25.6. The fraction of sp³-hybridized carbons (Fsp3) is 0.318. The Morgan fingerprint density at radius 2 is 1.97 bits per heavy atom. The van der Waals surface area contributed by atoms with Gasteiger partial charge in [-0.25, -0.2) is 4.79 Å². The number of benzene rings is 2. The number of hydrogen-bond donors (Lipinski definition) is 2. The summed E-state index contributed by atoms with van der Waals surface area (Å²) in [5.41, 5.74) is 4.39. The van der Waals surface area contributed by atoms with Crippen LogP contribution in [0, 0.1) is 6.92 Å². The summed E-state index contributed by atoms with van der Waals surface area (Å²) in [6.45, 7) is 3.92. The molecule has 29 heavy (non-hydrogen) atoms. The molecule has 7 heteroatoms. The maximum atomic E-state index is 11.9. The molecule has 1 heterocycles. The number of aryl methyl sites for hydroxylation is 1. The van der Waals surface area contributed by atoms with Gasteiger partial charge in [0.25, 0.3) is 0 Å². The van der Waals surface area contributed by atoms with Crippen molar-refractivity contribution in [3.8, 4) is 0 Å². The summed E-state index contributed by atoms with van der Waals surface area (Å²) in [6.07, 6.45) is 1.57. The van der Waals surface area contributed by atoms with Crippen molar-refractivity contribution in [3.05, 3.63) is 64.7 Å². The van der Waals surface area contributed by atoms with Crippen molar-refractivity contribution in [1.82, 2.24) is 10.2 Å². The highest BCUT2D eigenvalue weighted by Crippen LogP contribution is 2.19. The van der Waals surface area contributed by atoms with E-state index < -0.39 is 5.97 Å². The van der Waals surface area contributed by atoms with Gasteiger partial charge in [0.05, 0.1) is 12.7 Å². The average molecular weight is 412 g/mol. The third-order valence-electron chi connectivity index (χ3n) is 5.00. The lowest BCUT2D eigenvalue weighted by Gasteiger charge is -2.19. The molecule has 3 rings (SSSR count). The van der Waals surface area contributed by atoms with Gasteiger partial charge >= 0.3 is 5.97 Å². The first kappa shape index (κ1) is 20.8. The van der Waals surface area contributed by atoms with Gasteiger partial charge in [0, 0.05) is 31.7 Å². The van der Waals surface area contributed by atoms with E-state index in [1.807, 2.05) is 42.2 Å². The molecular weight excluding hydrogens is 386 g/mol. The summed E-state index contributed by atoms with van der Waals surface area (Å²) < 4.78 is 4.77. The zero-order chi connectivity index (χ0) is 20.8. The number of amides is 1. The number of rotatable bonds is 6. The minimum Gasteiger partial charge on any atom is -0.465 e. The number of hydrogen-bond acceptors (Lipinski definition) is 4. The van der Waals surface area contributed by atoms with E-state index in [0.717, 1.165) is 35.3 Å². The van der Waals surface area contributed by atoms with Crippen LogP contribution in [0.3, 0.4) is 0 Å². The molecule has 2 N–H and O–H groups in total. The van der Waals surface area contributed by atoms with Gasteiger partial charge in [-0.05, 0) is 54.4 Å². The summed E-state index contributed by atoms with van der Waals surface area (Å²) in [6, 6.07) is 13.3. The molecule has 1 amide bonds. The number of esters is 1. The molecule has 0 bridgehead atoms. The van der Waals surface area contributed by atoms with Crippen molar-refractivity contribution in [2.24, 2.45) is 0 Å². The first-order chi connectivity index (χ1) is 14.0. The minimum atomic E-state index is -0.391. The van der Waals surface area contributed by atoms with Crippen molar-refractivity contribution < 1.29 is 14.3 Å². The van der Waals surface area contributed by atoms with Crippen LogP contribution in [0.15, 0.2) is 42.5 Å². The zero-order valence-corrected chi connectivity index (χ0v) is 17.5. The summed E-state index contributed by atoms with van der Waals surface area (Å²) in [7, 11) is 1.36. The SMILES string of the molecule is COC(=O)c1ccc(C)c(NC(=S)NCc2ccccc2CN2CCCC2=O)c1. The molecule has 1 aliphatic heterocycles. The number of carbonyl (C=O) groups is 2. The summed E-state index contributed by atoms with van der Waals surface area (Å²) in [5.74, 6) is -0.178. The molecule has 1 aliphatic rings. The molecule has 0 unspecified atom stereocenters. The number of nitrogens with zero attached hydrogens (tertiary/aromatic N) is 1. The van der Waals surface area contributed by atoms with E-state index in [0.29, 0.717) is 30.2 Å². The lowest BCUT2D eigenvalue weighted by molar-refractivity contribution is -0.128. The Hall–Kier alpha value is -2.93. The number of likely N-dealkylation sites (tertiary alicyclic amines) is 1. The standard InChI is InChI=1S/C22H25N3O3S/c1-15-9-10-16(21(27)28-2)12-19(15)24-22(29)23-13-17-6-3-4-7-18(17)14-25-11-5-8-20(25)26/h3-4,6-7,9-10,12H,5,8,11,13-14H2,1-2H3,(H2,23,24,29). The van der Waals surface area contributed by atoms with Gasteiger partial charge in [-0.2, -0.15) is 0 Å². The first-order valence-corrected chi connectivity index (χ1v) is 9.97. The maximum absolute atomic E-state index is 11.9. The minimum absolute atomic E-state index is 0.214. The molecule has 0 aliphatic carbocycles. The van der Waals surface area contributed by atoms with Crippen LogP contribution in [0.4, 0.5) is 5.69 Å². The molecule has 2 aromatic rings. The predicted molar refractivity (Wildman–Crippen MR) is 117 cm³/mol. The predicted octanol–water partition coefficient (Wildman–Crippen LogP) is 3.39. The zero-order valence-electron chi connectivity index (χ0n) is 16.7. The third kappa shape index (κ3) is 5.32. The van der Waals surface area contributed by atoms with Crippen LogP contribution in [0.2, 0.25) is 0 Å². The molecular formula is C22H25N3O3S. The number of thiocarbonyl (C=S) groups is 1. The Morgan fingerprint density at radius 1 is 1.21 bits per heavy atom. The molecule has 0 aromatic heterocycles. The van der Waals surface area contributed by atoms with E-state index in [9.17, 15) is 9.59 Å². The van der Waals surface area contributed by atoms with Gasteiger partial charge in [-0.1, -0.05) is 30.3 Å². The maximum Gasteiger partial charge on any atom is 0.337 e. The summed E-state index contributed by atoms with van der Waals surface area (Å²) in [5, 5.41) is 6.82. The van der Waals surface area contributed by atoms with Gasteiger partial charge in [0.15, 0.2) is 5.11 Å². The smallest absolute Gasteiger partial charge is 0.337 e. The Labute approximate surface area is 176 Å². The second-order valence-corrected chi connectivity index (χ2v) is 7.42. The second-order valence-electron chi connectivity index (χ2n) is 7.02. The lowest BCUT2D eigenvalue weighted by atomic mass is 10.1. The molecule has 6 nitrogen and oxygen atoms in total. The molecule has 1 saturated heterocycles. The summed E-state index contributed by atoms with van der Waals surface area (Å²) >= 11 is 5.43. The largest absolute Gasteiger partial charge is 0.465 e. The van der Waals surface area contributed by atoms with Gasteiger partial charge in [-0.3, -0.25) is 4.79 Å². The molecule has 0 saturated carbocycles. The van der Waals surface area contributed by atoms with Crippen molar-refractivity contribution in [2.45, 2.75) is 32.9 Å². The normalized spacial score (nSPS) is 13.3. The van der Waals surface area contributed by atoms with Crippen molar-refractivity contribution in [2.75, 3.05) is 19.0 Å². The number of carbonyl (C=O) groups excluding carboxylic acids is 2. The van der Waals surface area contributed by atoms with E-state index in [2.05, 4.69) is 10.6 Å². The number of nitrogens with one attached hydrogen (secondary N) is 2. The number of methoxy groups -OCH3 is 1. The molecule has 0 atom stereocenters. The number of anilines is 1. The fourth-order valence-corrected chi connectivity index (χ4v) is 3.49. The van der Waals surface area contributed by atoms with Crippen LogP contribution in [0.5, 0.6) is 0 Å². The van der Waals surface area contributed by atoms with E-state index >= 15 is 0 Å². The average Bonchev–Trinajstić information content (AvgIpc) is 3.13. The van der Waals surface area contributed by atoms with Gasteiger partial charge in [0.1, 0.15) is 0 Å². The van der Waals surface area contributed by atoms with Crippen molar-refractivity contribution >= 4 is 34.9 Å². The highest BCUT2D eigenvalue weighted by molar-refractivity contribution is 7.80. The van der Waals surface area contributed by atoms with Gasteiger partial charge in [0.2, 0.25) is 5.91 Å². The van der Waals surface area contributed by atoms with Crippen LogP contribution >= 0.6 is 12.2 Å². The van der Waals surface area contributed by atoms with E-state index in [1.54, 1.807) is 12.1 Å². The lowest BCUT2D eigenvalue weighted by Crippen LogP contribution is -2.29. The third-order valence-corrected chi connectivity index (χ3v) is 5.24. The quantitative estimate of drug-likeness (QED) is 0.561. The Kier molecular flexibility index (Phi) is 6.82. The number of ether oxygens (including phenoxy) is 1. The van der Waals surface area contributed by atoms with E-state index in [1.165, 1.54) is 7.11 Å². The second kappa shape index (κ2) is 9.52. The molecule has 0 spiro atoms. The molecule has 152 valence electrons. The highest BCUT2D eigenvalue weighted by atomic mass is 32.1. The van der Waals surface area contributed by atoms with Crippen molar-refractivity contribution in [3.63, 3.8) is 0 Å². The monoisotopic (exact) mass is 411 g/mol. The van der Waals surface area contributed by atoms with Gasteiger partial charge in [-0.15, -0.1) is 0 Å². The topological polar surface area (TPSA) is 70.7 Å². The van der Waals surface area contributed by atoms with Gasteiger partial charge < -0.3 is 20.3 Å². The van der Waals surface area contributed by atoms with Crippen LogP contribution in [-0.2, 0) is 22.6 Å². The molecule has 2 aromatic carbocycles. The Bertz CT molecular complexity index is 929. The van der Waals surface area contributed by atoms with Crippen LogP contribution in [-0.4, -0.2) is 35.5 Å². The van der Waals surface area contributed by atoms with E-state index in [4.69, 9.17) is 17.0 Å². The molecule has 1 fully saturated rings. The molecule has 0 radical (unpaired) electrons. The Balaban J connectivity index is 1.63. The van der Waals surface area contributed by atoms with Crippen LogP contribution in [0.25, 0.3) is 0 Å². The highest BCUT2D eigenvalue weighted by Gasteiger charge is 2.20. The fourth-order valence-electron chi connectivity index (χ4n) is 3.30.